The lowest BCUT2D eigenvalue weighted by Crippen LogP contribution is -2.30. The van der Waals surface area contributed by atoms with Crippen LogP contribution in [0.2, 0.25) is 0 Å². The van der Waals surface area contributed by atoms with Crippen molar-refractivity contribution < 1.29 is 0 Å². The van der Waals surface area contributed by atoms with E-state index in [4.69, 9.17) is 0 Å². The van der Waals surface area contributed by atoms with E-state index in [9.17, 15) is 0 Å². The van der Waals surface area contributed by atoms with Gasteiger partial charge < -0.3 is 5.32 Å². The van der Waals surface area contributed by atoms with E-state index in [2.05, 4.69) is 54.7 Å². The molecule has 2 aromatic carbocycles. The summed E-state index contributed by atoms with van der Waals surface area (Å²) in [6, 6.07) is 16.4. The Morgan fingerprint density at radius 3 is 2.71 bits per heavy atom. The molecule has 1 N–H and O–H groups in total. The zero-order valence-electron chi connectivity index (χ0n) is 13.1. The van der Waals surface area contributed by atoms with E-state index in [0.29, 0.717) is 12.0 Å². The third kappa shape index (κ3) is 3.47. The third-order valence-corrected chi connectivity index (χ3v) is 4.87. The number of hydrogen-bond donors (Lipinski definition) is 1. The first-order valence-corrected chi connectivity index (χ1v) is 8.59. The minimum Gasteiger partial charge on any atom is -0.314 e. The fourth-order valence-corrected chi connectivity index (χ4v) is 3.78. The van der Waals surface area contributed by atoms with Gasteiger partial charge in [0.15, 0.2) is 0 Å². The molecule has 0 aromatic heterocycles. The van der Waals surface area contributed by atoms with Gasteiger partial charge in [-0.1, -0.05) is 62.2 Å². The normalized spacial score (nSPS) is 23.1. The summed E-state index contributed by atoms with van der Waals surface area (Å²) >= 11 is 0. The zero-order valence-corrected chi connectivity index (χ0v) is 13.1. The molecule has 0 saturated heterocycles. The largest absolute Gasteiger partial charge is 0.314 e. The molecule has 21 heavy (non-hydrogen) atoms. The first-order chi connectivity index (χ1) is 10.4. The summed E-state index contributed by atoms with van der Waals surface area (Å²) in [5.74, 6) is 0.716. The first kappa shape index (κ1) is 14.6. The molecule has 0 heterocycles. The monoisotopic (exact) mass is 281 g/mol. The van der Waals surface area contributed by atoms with Crippen molar-refractivity contribution >= 4 is 10.8 Å². The molecule has 0 aliphatic heterocycles. The summed E-state index contributed by atoms with van der Waals surface area (Å²) in [6.07, 6.45) is 7.98. The van der Waals surface area contributed by atoms with Crippen LogP contribution in [0, 0.1) is 0 Å². The highest BCUT2D eigenvalue weighted by Gasteiger charge is 2.22. The molecule has 1 fully saturated rings. The Kier molecular flexibility index (Phi) is 4.92. The van der Waals surface area contributed by atoms with Crippen molar-refractivity contribution in [2.75, 3.05) is 6.54 Å². The highest BCUT2D eigenvalue weighted by molar-refractivity contribution is 5.86. The summed E-state index contributed by atoms with van der Waals surface area (Å²) in [5.41, 5.74) is 1.57. The number of nitrogens with one attached hydrogen (secondary N) is 1. The van der Waals surface area contributed by atoms with Crippen molar-refractivity contribution in [1.29, 1.82) is 0 Å². The molecule has 3 rings (SSSR count). The minimum atomic E-state index is 0.705. The van der Waals surface area contributed by atoms with Crippen LogP contribution < -0.4 is 5.32 Å². The molecule has 2 aromatic rings. The Hall–Kier alpha value is -1.34. The maximum absolute atomic E-state index is 3.76. The van der Waals surface area contributed by atoms with Crippen molar-refractivity contribution in [2.45, 2.75) is 57.4 Å². The van der Waals surface area contributed by atoms with Gasteiger partial charge in [-0.15, -0.1) is 0 Å². The molecule has 0 amide bonds. The SMILES string of the molecule is CCCNC1CCCCC(c2cccc3ccccc23)C1. The molecule has 2 unspecified atom stereocenters. The van der Waals surface area contributed by atoms with Gasteiger partial charge in [-0.3, -0.25) is 0 Å². The molecule has 2 atom stereocenters. The van der Waals surface area contributed by atoms with E-state index >= 15 is 0 Å². The van der Waals surface area contributed by atoms with E-state index in [-0.39, 0.29) is 0 Å². The number of benzene rings is 2. The molecule has 1 saturated carbocycles. The number of hydrogen-bond acceptors (Lipinski definition) is 1. The van der Waals surface area contributed by atoms with Crippen LogP contribution in [0.15, 0.2) is 42.5 Å². The second kappa shape index (κ2) is 7.09. The van der Waals surface area contributed by atoms with Crippen molar-refractivity contribution in [3.8, 4) is 0 Å². The van der Waals surface area contributed by atoms with Crippen molar-refractivity contribution in [1.82, 2.24) is 5.32 Å². The molecule has 0 radical (unpaired) electrons. The van der Waals surface area contributed by atoms with Gasteiger partial charge >= 0.3 is 0 Å². The standard InChI is InChI=1S/C20H27N/c1-2-14-21-18-11-5-3-9-17(15-18)20-13-7-10-16-8-4-6-12-19(16)20/h4,6-8,10,12-13,17-18,21H,2-3,5,9,11,14-15H2,1H3. The first-order valence-electron chi connectivity index (χ1n) is 8.59. The van der Waals surface area contributed by atoms with Gasteiger partial charge in [0, 0.05) is 6.04 Å². The number of fused-ring (bicyclic) bond motifs is 1. The fraction of sp³-hybridized carbons (Fsp3) is 0.500. The van der Waals surface area contributed by atoms with Gasteiger partial charge in [0.1, 0.15) is 0 Å². The van der Waals surface area contributed by atoms with Crippen LogP contribution in [-0.2, 0) is 0 Å². The minimum absolute atomic E-state index is 0.705. The predicted octanol–water partition coefficient (Wildman–Crippen LogP) is 5.26. The zero-order chi connectivity index (χ0) is 14.5. The molecule has 0 bridgehead atoms. The van der Waals surface area contributed by atoms with Crippen LogP contribution in [-0.4, -0.2) is 12.6 Å². The van der Waals surface area contributed by atoms with Gasteiger partial charge in [0.25, 0.3) is 0 Å². The van der Waals surface area contributed by atoms with Gasteiger partial charge in [0.2, 0.25) is 0 Å². The Labute approximate surface area is 128 Å². The van der Waals surface area contributed by atoms with Crippen LogP contribution in [0.1, 0.15) is 56.9 Å². The number of rotatable bonds is 4. The second-order valence-corrected chi connectivity index (χ2v) is 6.44. The summed E-state index contributed by atoms with van der Waals surface area (Å²) in [6.45, 7) is 3.42. The average molecular weight is 281 g/mol. The lowest BCUT2D eigenvalue weighted by atomic mass is 9.87. The van der Waals surface area contributed by atoms with Gasteiger partial charge in [-0.05, 0) is 54.5 Å². The van der Waals surface area contributed by atoms with Gasteiger partial charge in [0.05, 0.1) is 0 Å². The van der Waals surface area contributed by atoms with E-state index in [1.54, 1.807) is 5.56 Å². The van der Waals surface area contributed by atoms with E-state index in [0.717, 1.165) is 6.54 Å². The topological polar surface area (TPSA) is 12.0 Å². The Morgan fingerprint density at radius 2 is 1.81 bits per heavy atom. The van der Waals surface area contributed by atoms with Crippen LogP contribution >= 0.6 is 0 Å². The molecule has 1 nitrogen and oxygen atoms in total. The molecule has 0 spiro atoms. The van der Waals surface area contributed by atoms with Crippen LogP contribution in [0.4, 0.5) is 0 Å². The van der Waals surface area contributed by atoms with Crippen LogP contribution in [0.25, 0.3) is 10.8 Å². The lowest BCUT2D eigenvalue weighted by molar-refractivity contribution is 0.440. The van der Waals surface area contributed by atoms with Crippen molar-refractivity contribution in [2.24, 2.45) is 0 Å². The molecule has 1 aliphatic rings. The fourth-order valence-electron chi connectivity index (χ4n) is 3.78. The van der Waals surface area contributed by atoms with E-state index in [1.165, 1.54) is 49.3 Å². The Balaban J connectivity index is 1.86. The van der Waals surface area contributed by atoms with Gasteiger partial charge in [-0.2, -0.15) is 0 Å². The maximum atomic E-state index is 3.76. The summed E-state index contributed by atoms with van der Waals surface area (Å²) in [7, 11) is 0. The average Bonchev–Trinajstić information content (AvgIpc) is 2.78. The smallest absolute Gasteiger partial charge is 0.00728 e. The Bertz CT molecular complexity index is 570. The predicted molar refractivity (Wildman–Crippen MR) is 91.9 cm³/mol. The molecular formula is C20H27N. The highest BCUT2D eigenvalue weighted by atomic mass is 14.9. The summed E-state index contributed by atoms with van der Waals surface area (Å²) in [5, 5.41) is 6.60. The third-order valence-electron chi connectivity index (χ3n) is 4.87. The molecule has 1 heteroatoms. The second-order valence-electron chi connectivity index (χ2n) is 6.44. The summed E-state index contributed by atoms with van der Waals surface area (Å²) < 4.78 is 0. The molecular weight excluding hydrogens is 254 g/mol. The Morgan fingerprint density at radius 1 is 1.00 bits per heavy atom. The van der Waals surface area contributed by atoms with E-state index < -0.39 is 0 Å². The van der Waals surface area contributed by atoms with Crippen molar-refractivity contribution in [3.05, 3.63) is 48.0 Å². The molecule has 112 valence electrons. The highest BCUT2D eigenvalue weighted by Crippen LogP contribution is 2.35. The molecule has 1 aliphatic carbocycles. The quantitative estimate of drug-likeness (QED) is 0.754. The summed E-state index contributed by atoms with van der Waals surface area (Å²) in [4.78, 5) is 0. The maximum Gasteiger partial charge on any atom is 0.00728 e. The van der Waals surface area contributed by atoms with E-state index in [1.807, 2.05) is 0 Å². The van der Waals surface area contributed by atoms with Crippen molar-refractivity contribution in [3.63, 3.8) is 0 Å². The van der Waals surface area contributed by atoms with Gasteiger partial charge in [-0.25, -0.2) is 0 Å². The van der Waals surface area contributed by atoms with Crippen LogP contribution in [0.5, 0.6) is 0 Å². The lowest BCUT2D eigenvalue weighted by Gasteiger charge is -2.22. The van der Waals surface area contributed by atoms with Crippen LogP contribution in [0.3, 0.4) is 0 Å².